The second-order valence-electron chi connectivity index (χ2n) is 7.19. The van der Waals surface area contributed by atoms with Gasteiger partial charge in [-0.1, -0.05) is 55.0 Å². The lowest BCUT2D eigenvalue weighted by Crippen LogP contribution is -2.23. The molecule has 0 spiro atoms. The smallest absolute Gasteiger partial charge is 0.381 e. The SMILES string of the molecule is CCOC(=O)C(=O)c1csc(NC(=O)[C@H](CC2CCCC2)c2ccc(Cl)c(Cl)c2)n1. The first-order valence-electron chi connectivity index (χ1n) is 9.81. The average Bonchev–Trinajstić information content (AvgIpc) is 3.40. The lowest BCUT2D eigenvalue weighted by Gasteiger charge is -2.20. The van der Waals surface area contributed by atoms with E-state index < -0.39 is 17.7 Å². The van der Waals surface area contributed by atoms with Crippen LogP contribution in [0, 0.1) is 5.92 Å². The van der Waals surface area contributed by atoms with E-state index in [1.807, 2.05) is 6.07 Å². The van der Waals surface area contributed by atoms with E-state index in [1.54, 1.807) is 19.1 Å². The third-order valence-corrected chi connectivity index (χ3v) is 6.63. The predicted molar refractivity (Wildman–Crippen MR) is 117 cm³/mol. The maximum atomic E-state index is 13.1. The van der Waals surface area contributed by atoms with Gasteiger partial charge in [0.05, 0.1) is 22.6 Å². The summed E-state index contributed by atoms with van der Waals surface area (Å²) in [5, 5.41) is 5.30. The van der Waals surface area contributed by atoms with Gasteiger partial charge in [0.15, 0.2) is 5.13 Å². The summed E-state index contributed by atoms with van der Waals surface area (Å²) in [7, 11) is 0. The van der Waals surface area contributed by atoms with Crippen LogP contribution in [-0.2, 0) is 14.3 Å². The second kappa shape index (κ2) is 10.4. The van der Waals surface area contributed by atoms with Crippen molar-refractivity contribution in [3.05, 3.63) is 44.9 Å². The number of Topliss-reactive ketones (excluding diaryl/α,β-unsaturated/α-hetero) is 1. The van der Waals surface area contributed by atoms with E-state index in [-0.39, 0.29) is 23.3 Å². The number of carbonyl (C=O) groups is 3. The van der Waals surface area contributed by atoms with Crippen LogP contribution < -0.4 is 5.32 Å². The molecular weight excluding hydrogens is 447 g/mol. The fourth-order valence-electron chi connectivity index (χ4n) is 3.63. The largest absolute Gasteiger partial charge is 0.460 e. The van der Waals surface area contributed by atoms with Gasteiger partial charge in [-0.3, -0.25) is 9.59 Å². The zero-order valence-corrected chi connectivity index (χ0v) is 18.8. The van der Waals surface area contributed by atoms with Gasteiger partial charge < -0.3 is 10.1 Å². The number of hydrogen-bond acceptors (Lipinski definition) is 6. The van der Waals surface area contributed by atoms with Crippen LogP contribution in [0.2, 0.25) is 10.0 Å². The first kappa shape index (κ1) is 22.7. The number of ketones is 1. The Morgan fingerprint density at radius 1 is 1.23 bits per heavy atom. The molecule has 1 aromatic carbocycles. The molecule has 0 saturated heterocycles. The summed E-state index contributed by atoms with van der Waals surface area (Å²) in [5.41, 5.74) is 0.740. The van der Waals surface area contributed by atoms with Gasteiger partial charge >= 0.3 is 5.97 Å². The molecule has 9 heteroatoms. The van der Waals surface area contributed by atoms with Crippen molar-refractivity contribution in [1.82, 2.24) is 4.98 Å². The lowest BCUT2D eigenvalue weighted by atomic mass is 9.87. The van der Waals surface area contributed by atoms with Crippen LogP contribution in [0.25, 0.3) is 0 Å². The fourth-order valence-corrected chi connectivity index (χ4v) is 4.63. The summed E-state index contributed by atoms with van der Waals surface area (Å²) in [6.07, 6.45) is 5.24. The van der Waals surface area contributed by atoms with E-state index in [2.05, 4.69) is 10.3 Å². The number of hydrogen-bond donors (Lipinski definition) is 1. The van der Waals surface area contributed by atoms with Crippen molar-refractivity contribution in [3.8, 4) is 0 Å². The number of ether oxygens (including phenoxy) is 1. The van der Waals surface area contributed by atoms with Gasteiger partial charge in [-0.05, 0) is 37.0 Å². The molecular formula is C21H22Cl2N2O4S. The van der Waals surface area contributed by atoms with E-state index in [0.29, 0.717) is 22.4 Å². The van der Waals surface area contributed by atoms with Crippen molar-refractivity contribution in [2.45, 2.75) is 44.9 Å². The summed E-state index contributed by atoms with van der Waals surface area (Å²) in [4.78, 5) is 40.8. The van der Waals surface area contributed by atoms with Crippen molar-refractivity contribution < 1.29 is 19.1 Å². The van der Waals surface area contributed by atoms with Gasteiger partial charge in [0.2, 0.25) is 5.91 Å². The Hall–Kier alpha value is -1.96. The zero-order chi connectivity index (χ0) is 21.7. The molecule has 1 aliphatic carbocycles. The topological polar surface area (TPSA) is 85.4 Å². The molecule has 1 aliphatic rings. The minimum atomic E-state index is -0.962. The number of aromatic nitrogens is 1. The fraction of sp³-hybridized carbons (Fsp3) is 0.429. The van der Waals surface area contributed by atoms with Crippen LogP contribution in [0.15, 0.2) is 23.6 Å². The van der Waals surface area contributed by atoms with Crippen molar-refractivity contribution >= 4 is 57.3 Å². The van der Waals surface area contributed by atoms with Gasteiger partial charge in [0.1, 0.15) is 5.69 Å². The van der Waals surface area contributed by atoms with E-state index in [0.717, 1.165) is 29.7 Å². The third kappa shape index (κ3) is 5.59. The molecule has 30 heavy (non-hydrogen) atoms. The number of amides is 1. The number of halogens is 2. The van der Waals surface area contributed by atoms with Crippen molar-refractivity contribution in [3.63, 3.8) is 0 Å². The molecule has 1 aromatic heterocycles. The Morgan fingerprint density at radius 3 is 2.63 bits per heavy atom. The van der Waals surface area contributed by atoms with Crippen LogP contribution in [0.4, 0.5) is 5.13 Å². The summed E-state index contributed by atoms with van der Waals surface area (Å²) >= 11 is 13.3. The Labute approximate surface area is 188 Å². The molecule has 6 nitrogen and oxygen atoms in total. The molecule has 0 unspecified atom stereocenters. The van der Waals surface area contributed by atoms with Crippen LogP contribution in [0.3, 0.4) is 0 Å². The monoisotopic (exact) mass is 468 g/mol. The van der Waals surface area contributed by atoms with E-state index >= 15 is 0 Å². The van der Waals surface area contributed by atoms with E-state index in [9.17, 15) is 14.4 Å². The molecule has 3 rings (SSSR count). The van der Waals surface area contributed by atoms with Gasteiger partial charge in [0.25, 0.3) is 5.78 Å². The molecule has 1 N–H and O–H groups in total. The molecule has 1 amide bonds. The number of nitrogens with zero attached hydrogens (tertiary/aromatic N) is 1. The lowest BCUT2D eigenvalue weighted by molar-refractivity contribution is -0.137. The summed E-state index contributed by atoms with van der Waals surface area (Å²) in [5.74, 6) is -1.98. The van der Waals surface area contributed by atoms with Crippen LogP contribution in [-0.4, -0.2) is 29.3 Å². The summed E-state index contributed by atoms with van der Waals surface area (Å²) < 4.78 is 4.71. The third-order valence-electron chi connectivity index (χ3n) is 5.13. The molecule has 1 heterocycles. The first-order valence-corrected chi connectivity index (χ1v) is 11.4. The van der Waals surface area contributed by atoms with Gasteiger partial charge in [-0.25, -0.2) is 9.78 Å². The Kier molecular flexibility index (Phi) is 7.86. The molecule has 0 radical (unpaired) electrons. The average molecular weight is 469 g/mol. The quantitative estimate of drug-likeness (QED) is 0.314. The number of anilines is 1. The molecule has 2 aromatic rings. The highest BCUT2D eigenvalue weighted by Crippen LogP contribution is 2.36. The number of esters is 1. The highest BCUT2D eigenvalue weighted by Gasteiger charge is 2.28. The van der Waals surface area contributed by atoms with Gasteiger partial charge in [0, 0.05) is 5.38 Å². The molecule has 1 fully saturated rings. The van der Waals surface area contributed by atoms with Gasteiger partial charge in [-0.15, -0.1) is 11.3 Å². The Bertz CT molecular complexity index is 941. The zero-order valence-electron chi connectivity index (χ0n) is 16.5. The summed E-state index contributed by atoms with van der Waals surface area (Å²) in [6.45, 7) is 1.72. The van der Waals surface area contributed by atoms with Crippen molar-refractivity contribution in [1.29, 1.82) is 0 Å². The molecule has 0 bridgehead atoms. The Balaban J connectivity index is 1.77. The molecule has 0 aliphatic heterocycles. The number of nitrogens with one attached hydrogen (secondary N) is 1. The summed E-state index contributed by atoms with van der Waals surface area (Å²) in [6, 6.07) is 5.22. The normalized spacial score (nSPS) is 15.0. The maximum absolute atomic E-state index is 13.1. The minimum Gasteiger partial charge on any atom is -0.460 e. The molecule has 1 saturated carbocycles. The number of thiazole rings is 1. The van der Waals surface area contributed by atoms with Crippen LogP contribution in [0.1, 0.15) is 61.0 Å². The highest BCUT2D eigenvalue weighted by molar-refractivity contribution is 7.14. The Morgan fingerprint density at radius 2 is 1.97 bits per heavy atom. The highest BCUT2D eigenvalue weighted by atomic mass is 35.5. The van der Waals surface area contributed by atoms with E-state index in [4.69, 9.17) is 27.9 Å². The molecule has 1 atom stereocenters. The van der Waals surface area contributed by atoms with Crippen molar-refractivity contribution in [2.24, 2.45) is 5.92 Å². The van der Waals surface area contributed by atoms with Crippen molar-refractivity contribution in [2.75, 3.05) is 11.9 Å². The van der Waals surface area contributed by atoms with Gasteiger partial charge in [-0.2, -0.15) is 0 Å². The minimum absolute atomic E-state index is 0.0457. The maximum Gasteiger partial charge on any atom is 0.381 e. The predicted octanol–water partition coefficient (Wildman–Crippen LogP) is 5.50. The number of benzene rings is 1. The van der Waals surface area contributed by atoms with Crippen LogP contribution in [0.5, 0.6) is 0 Å². The standard InChI is InChI=1S/C21H22Cl2N2O4S/c1-2-29-20(28)18(26)17-11-30-21(24-17)25-19(27)14(9-12-5-3-4-6-12)13-7-8-15(22)16(23)10-13/h7-8,10-12,14H,2-6,9H2,1H3,(H,24,25,27)/t14-/m1/s1. The van der Waals surface area contributed by atoms with Crippen LogP contribution >= 0.6 is 34.5 Å². The molecule has 160 valence electrons. The first-order chi connectivity index (χ1) is 14.4. The number of rotatable bonds is 8. The number of carbonyl (C=O) groups excluding carboxylic acids is 3. The second-order valence-corrected chi connectivity index (χ2v) is 8.86. The van der Waals surface area contributed by atoms with E-state index in [1.165, 1.54) is 18.2 Å².